The van der Waals surface area contributed by atoms with E-state index in [1.165, 1.54) is 6.42 Å². The lowest BCUT2D eigenvalue weighted by Gasteiger charge is -2.26. The third-order valence-corrected chi connectivity index (χ3v) is 6.44. The van der Waals surface area contributed by atoms with Gasteiger partial charge in [0.1, 0.15) is 12.5 Å². The Morgan fingerprint density at radius 3 is 2.51 bits per heavy atom. The number of benzene rings is 2. The summed E-state index contributed by atoms with van der Waals surface area (Å²) in [6.45, 7) is 3.19. The van der Waals surface area contributed by atoms with E-state index in [2.05, 4.69) is 17.3 Å². The van der Waals surface area contributed by atoms with Crippen LogP contribution in [0.2, 0.25) is 10.0 Å². The van der Waals surface area contributed by atoms with E-state index in [0.717, 1.165) is 42.9 Å². The average molecular weight is 513 g/mol. The van der Waals surface area contributed by atoms with Crippen LogP contribution in [0.1, 0.15) is 54.4 Å². The second kappa shape index (κ2) is 11.7. The highest BCUT2D eigenvalue weighted by molar-refractivity contribution is 6.36. The number of hydrogen-bond acceptors (Lipinski definition) is 3. The summed E-state index contributed by atoms with van der Waals surface area (Å²) in [6, 6.07) is 12.8. The van der Waals surface area contributed by atoms with Gasteiger partial charge in [-0.3, -0.25) is 19.2 Å². The molecule has 1 saturated heterocycles. The highest BCUT2D eigenvalue weighted by Gasteiger charge is 2.26. The molecule has 35 heavy (non-hydrogen) atoms. The zero-order valence-corrected chi connectivity index (χ0v) is 21.1. The van der Waals surface area contributed by atoms with Crippen molar-refractivity contribution in [1.29, 1.82) is 0 Å². The topological polar surface area (TPSA) is 50.2 Å². The molecule has 0 atom stereocenters. The lowest BCUT2D eigenvalue weighted by Crippen LogP contribution is -2.45. The molecule has 0 bridgehead atoms. The minimum atomic E-state index is -0.465. The molecule has 0 unspecified atom stereocenters. The fourth-order valence-electron chi connectivity index (χ4n) is 4.20. The van der Waals surface area contributed by atoms with Crippen LogP contribution >= 0.6 is 23.2 Å². The monoisotopic (exact) mass is 512 g/mol. The summed E-state index contributed by atoms with van der Waals surface area (Å²) in [5.41, 5.74) is 6.46. The van der Waals surface area contributed by atoms with Gasteiger partial charge >= 0.3 is 0 Å². The highest BCUT2D eigenvalue weighted by Crippen LogP contribution is 2.33. The molecule has 1 aliphatic heterocycles. The summed E-state index contributed by atoms with van der Waals surface area (Å²) in [4.78, 5) is 18.1. The second-order valence-corrected chi connectivity index (χ2v) is 9.16. The van der Waals surface area contributed by atoms with Crippen LogP contribution in [-0.2, 0) is 6.42 Å². The number of piperidine rings is 1. The molecule has 5 nitrogen and oxygen atoms in total. The fourth-order valence-corrected chi connectivity index (χ4v) is 4.69. The van der Waals surface area contributed by atoms with Crippen molar-refractivity contribution >= 4 is 29.1 Å². The smallest absolute Gasteiger partial charge is 0.286 e. The number of alkyl halides is 1. The summed E-state index contributed by atoms with van der Waals surface area (Å²) >= 11 is 12.7. The maximum Gasteiger partial charge on any atom is 0.286 e. The van der Waals surface area contributed by atoms with Crippen molar-refractivity contribution in [3.63, 3.8) is 0 Å². The molecule has 0 saturated carbocycles. The van der Waals surface area contributed by atoms with Gasteiger partial charge < -0.3 is 0 Å². The van der Waals surface area contributed by atoms with Crippen LogP contribution in [0.4, 0.5) is 4.39 Å². The Hall–Kier alpha value is -2.85. The molecule has 2 heterocycles. The van der Waals surface area contributed by atoms with E-state index in [4.69, 9.17) is 28.2 Å². The third-order valence-electron chi connectivity index (χ3n) is 5.89. The highest BCUT2D eigenvalue weighted by atomic mass is 35.5. The SMILES string of the molecule is CCc1c(C(=O)NN2CCCCC2)nc(-c2ccc(Cl)cc2Cl)n1-c1ccc(C#CCCF)cc1. The van der Waals surface area contributed by atoms with Gasteiger partial charge in [0.05, 0.1) is 10.7 Å². The number of nitrogens with one attached hydrogen (secondary N) is 1. The lowest BCUT2D eigenvalue weighted by atomic mass is 10.1. The van der Waals surface area contributed by atoms with E-state index >= 15 is 0 Å². The Balaban J connectivity index is 1.80. The van der Waals surface area contributed by atoms with Gasteiger partial charge in [0.25, 0.3) is 5.91 Å². The van der Waals surface area contributed by atoms with E-state index in [9.17, 15) is 9.18 Å². The van der Waals surface area contributed by atoms with Crippen molar-refractivity contribution in [3.8, 4) is 28.9 Å². The van der Waals surface area contributed by atoms with Crippen LogP contribution in [0.25, 0.3) is 17.1 Å². The molecule has 1 N–H and O–H groups in total. The zero-order valence-electron chi connectivity index (χ0n) is 19.6. The van der Waals surface area contributed by atoms with Gasteiger partial charge in [-0.2, -0.15) is 0 Å². The molecule has 0 aliphatic carbocycles. The van der Waals surface area contributed by atoms with Crippen molar-refractivity contribution in [2.75, 3.05) is 19.8 Å². The molecule has 0 spiro atoms. The Kier molecular flexibility index (Phi) is 8.46. The Morgan fingerprint density at radius 2 is 1.86 bits per heavy atom. The summed E-state index contributed by atoms with van der Waals surface area (Å²) in [5.74, 6) is 6.10. The number of halogens is 3. The maximum absolute atomic E-state index is 13.3. The molecule has 0 radical (unpaired) electrons. The number of carbonyl (C=O) groups is 1. The van der Waals surface area contributed by atoms with E-state index in [1.807, 2.05) is 46.8 Å². The maximum atomic E-state index is 13.3. The molecule has 4 rings (SSSR count). The fraction of sp³-hybridized carbons (Fsp3) is 0.333. The lowest BCUT2D eigenvalue weighted by molar-refractivity contribution is 0.0744. The third kappa shape index (κ3) is 5.87. The number of hydrazine groups is 1. The zero-order chi connectivity index (χ0) is 24.8. The first-order valence-electron chi connectivity index (χ1n) is 11.8. The molecule has 1 fully saturated rings. The summed E-state index contributed by atoms with van der Waals surface area (Å²) in [6.07, 6.45) is 4.08. The number of carbonyl (C=O) groups excluding carboxylic acids is 1. The minimum absolute atomic E-state index is 0.206. The van der Waals surface area contributed by atoms with Gasteiger partial charge in [0, 0.05) is 41.3 Å². The first-order chi connectivity index (χ1) is 17.0. The Bertz CT molecular complexity index is 1250. The number of imidazole rings is 1. The van der Waals surface area contributed by atoms with Gasteiger partial charge in [-0.15, -0.1) is 0 Å². The predicted molar refractivity (Wildman–Crippen MR) is 139 cm³/mol. The van der Waals surface area contributed by atoms with Crippen LogP contribution < -0.4 is 5.43 Å². The molecular formula is C27H27Cl2FN4O. The molecule has 1 amide bonds. The van der Waals surface area contributed by atoms with Gasteiger partial charge in [0.15, 0.2) is 5.69 Å². The van der Waals surface area contributed by atoms with E-state index in [-0.39, 0.29) is 12.3 Å². The first-order valence-corrected chi connectivity index (χ1v) is 12.6. The molecule has 8 heteroatoms. The van der Waals surface area contributed by atoms with Crippen LogP contribution in [0, 0.1) is 11.8 Å². The number of hydrogen-bond donors (Lipinski definition) is 1. The van der Waals surface area contributed by atoms with Gasteiger partial charge in [0.2, 0.25) is 0 Å². The van der Waals surface area contributed by atoms with Crippen molar-refractivity contribution < 1.29 is 9.18 Å². The Morgan fingerprint density at radius 1 is 1.11 bits per heavy atom. The standard InChI is InChI=1S/C27H27Cl2FN4O/c1-2-24-25(27(35)32-33-16-6-3-7-17-33)31-26(22-14-11-20(28)18-23(22)29)34(24)21-12-9-19(10-13-21)8-4-5-15-30/h9-14,18H,2-3,5-7,15-17H2,1H3,(H,32,35). The van der Waals surface area contributed by atoms with Gasteiger partial charge in [-0.05, 0) is 61.7 Å². The van der Waals surface area contributed by atoms with Gasteiger partial charge in [-0.1, -0.05) is 48.4 Å². The normalized spacial score (nSPS) is 13.8. The first kappa shape index (κ1) is 25.2. The number of amides is 1. The minimum Gasteiger partial charge on any atom is -0.296 e. The summed E-state index contributed by atoms with van der Waals surface area (Å²) < 4.78 is 14.3. The summed E-state index contributed by atoms with van der Waals surface area (Å²) in [7, 11) is 0. The molecule has 3 aromatic rings. The van der Waals surface area contributed by atoms with Crippen molar-refractivity contribution in [2.45, 2.75) is 39.0 Å². The van der Waals surface area contributed by atoms with Crippen LogP contribution in [0.3, 0.4) is 0 Å². The predicted octanol–water partition coefficient (Wildman–Crippen LogP) is 6.25. The molecule has 2 aromatic carbocycles. The van der Waals surface area contributed by atoms with Gasteiger partial charge in [-0.25, -0.2) is 9.99 Å². The van der Waals surface area contributed by atoms with Crippen molar-refractivity contribution in [3.05, 3.63) is 69.5 Å². The number of rotatable bonds is 6. The quantitative estimate of drug-likeness (QED) is 0.397. The van der Waals surface area contributed by atoms with Crippen LogP contribution in [0.5, 0.6) is 0 Å². The number of nitrogens with zero attached hydrogens (tertiary/aromatic N) is 3. The molecule has 1 aromatic heterocycles. The van der Waals surface area contributed by atoms with E-state index < -0.39 is 6.67 Å². The Labute approximate surface area is 215 Å². The molecular weight excluding hydrogens is 486 g/mol. The van der Waals surface area contributed by atoms with E-state index in [0.29, 0.717) is 33.5 Å². The summed E-state index contributed by atoms with van der Waals surface area (Å²) in [5, 5.41) is 2.93. The van der Waals surface area contributed by atoms with Crippen molar-refractivity contribution in [2.24, 2.45) is 0 Å². The average Bonchev–Trinajstić information content (AvgIpc) is 3.25. The second-order valence-electron chi connectivity index (χ2n) is 8.32. The van der Waals surface area contributed by atoms with E-state index in [1.54, 1.807) is 12.1 Å². The molecule has 182 valence electrons. The largest absolute Gasteiger partial charge is 0.296 e. The number of aromatic nitrogens is 2. The molecule has 1 aliphatic rings. The van der Waals surface area contributed by atoms with Crippen molar-refractivity contribution in [1.82, 2.24) is 20.0 Å². The van der Waals surface area contributed by atoms with Crippen LogP contribution in [0.15, 0.2) is 42.5 Å². The van der Waals surface area contributed by atoms with Crippen LogP contribution in [-0.4, -0.2) is 40.2 Å².